The number of benzene rings is 4. The lowest BCUT2D eigenvalue weighted by Gasteiger charge is -2.17. The van der Waals surface area contributed by atoms with Crippen LogP contribution >= 0.6 is 0 Å². The molecule has 1 amide bonds. The highest BCUT2D eigenvalue weighted by Gasteiger charge is 2.30. The highest BCUT2D eigenvalue weighted by Crippen LogP contribution is 2.32. The molecule has 0 saturated carbocycles. The molecule has 0 aliphatic carbocycles. The van der Waals surface area contributed by atoms with Gasteiger partial charge in [-0.05, 0) is 83.8 Å². The minimum atomic E-state index is -4.48. The lowest BCUT2D eigenvalue weighted by Crippen LogP contribution is -2.27. The third kappa shape index (κ3) is 5.88. The van der Waals surface area contributed by atoms with Gasteiger partial charge in [-0.2, -0.15) is 18.4 Å². The van der Waals surface area contributed by atoms with Crippen molar-refractivity contribution in [1.29, 1.82) is 5.26 Å². The van der Waals surface area contributed by atoms with Gasteiger partial charge in [0.15, 0.2) is 0 Å². The molecule has 0 aliphatic heterocycles. The first-order valence-corrected chi connectivity index (χ1v) is 13.0. The molecular weight excluding hydrogens is 543 g/mol. The number of rotatable bonds is 7. The van der Waals surface area contributed by atoms with Crippen LogP contribution in [-0.2, 0) is 12.7 Å². The summed E-state index contributed by atoms with van der Waals surface area (Å²) < 4.78 is 41.8. The molecule has 0 radical (unpaired) electrons. The van der Waals surface area contributed by atoms with Gasteiger partial charge in [0.2, 0.25) is 0 Å². The van der Waals surface area contributed by atoms with Crippen molar-refractivity contribution in [3.8, 4) is 17.2 Å². The van der Waals surface area contributed by atoms with Crippen molar-refractivity contribution in [3.63, 3.8) is 0 Å². The number of carbonyl (C=O) groups is 2. The van der Waals surface area contributed by atoms with E-state index in [1.165, 1.54) is 18.2 Å². The van der Waals surface area contributed by atoms with Gasteiger partial charge < -0.3 is 15.0 Å². The summed E-state index contributed by atoms with van der Waals surface area (Å²) in [5.41, 5.74) is 3.21. The fourth-order valence-electron chi connectivity index (χ4n) is 4.90. The van der Waals surface area contributed by atoms with Crippen molar-refractivity contribution in [2.45, 2.75) is 25.7 Å². The van der Waals surface area contributed by atoms with Gasteiger partial charge in [0.05, 0.1) is 39.9 Å². The molecule has 210 valence electrons. The van der Waals surface area contributed by atoms with Gasteiger partial charge in [-0.15, -0.1) is 0 Å². The van der Waals surface area contributed by atoms with Gasteiger partial charge in [0.1, 0.15) is 0 Å². The maximum atomic E-state index is 13.8. The van der Waals surface area contributed by atoms with Gasteiger partial charge in [-0.25, -0.2) is 4.79 Å². The van der Waals surface area contributed by atoms with Gasteiger partial charge in [-0.1, -0.05) is 36.4 Å². The third-order valence-electron chi connectivity index (χ3n) is 7.04. The fraction of sp³-hybridized carbons (Fsp3) is 0.121. The summed E-state index contributed by atoms with van der Waals surface area (Å²) >= 11 is 0. The monoisotopic (exact) mass is 567 g/mol. The van der Waals surface area contributed by atoms with Crippen LogP contribution in [0.3, 0.4) is 0 Å². The van der Waals surface area contributed by atoms with Crippen LogP contribution in [0.1, 0.15) is 55.9 Å². The Balaban J connectivity index is 1.57. The SMILES string of the molecule is C[C@H](NC(=O)c1cc(-c2cccc(C#N)c2)cc2ccn(Cc3cccc(C(F)(F)F)c3)c12)c1ccc(C(=O)O)cc1. The van der Waals surface area contributed by atoms with Gasteiger partial charge >= 0.3 is 12.1 Å². The average Bonchev–Trinajstić information content (AvgIpc) is 3.38. The van der Waals surface area contributed by atoms with Crippen molar-refractivity contribution in [2.24, 2.45) is 0 Å². The Morgan fingerprint density at radius 2 is 1.69 bits per heavy atom. The first-order chi connectivity index (χ1) is 20.0. The van der Waals surface area contributed by atoms with Crippen LogP contribution < -0.4 is 5.32 Å². The summed E-state index contributed by atoms with van der Waals surface area (Å²) in [6.45, 7) is 1.87. The zero-order chi connectivity index (χ0) is 30.0. The first kappa shape index (κ1) is 28.2. The molecule has 1 heterocycles. The molecule has 1 atom stereocenters. The predicted molar refractivity (Wildman–Crippen MR) is 152 cm³/mol. The number of aromatic carboxylic acids is 1. The molecule has 2 N–H and O–H groups in total. The van der Waals surface area contributed by atoms with E-state index in [0.717, 1.165) is 17.7 Å². The van der Waals surface area contributed by atoms with E-state index in [0.29, 0.717) is 38.7 Å². The van der Waals surface area contributed by atoms with Crippen LogP contribution in [0.2, 0.25) is 0 Å². The molecule has 6 nitrogen and oxygen atoms in total. The Kier molecular flexibility index (Phi) is 7.55. The van der Waals surface area contributed by atoms with Gasteiger partial charge in [0.25, 0.3) is 5.91 Å². The molecule has 1 aromatic heterocycles. The molecule has 0 spiro atoms. The second-order valence-corrected chi connectivity index (χ2v) is 9.92. The van der Waals surface area contributed by atoms with E-state index in [1.54, 1.807) is 66.2 Å². The first-order valence-electron chi connectivity index (χ1n) is 13.0. The number of carboxylic acids is 1. The lowest BCUT2D eigenvalue weighted by molar-refractivity contribution is -0.137. The van der Waals surface area contributed by atoms with Gasteiger partial charge in [0, 0.05) is 18.1 Å². The number of halogens is 3. The van der Waals surface area contributed by atoms with Crippen molar-refractivity contribution in [2.75, 3.05) is 0 Å². The Morgan fingerprint density at radius 3 is 2.38 bits per heavy atom. The minimum Gasteiger partial charge on any atom is -0.478 e. The number of amides is 1. The number of nitrogens with zero attached hydrogens (tertiary/aromatic N) is 2. The summed E-state index contributed by atoms with van der Waals surface area (Å²) in [6.07, 6.45) is -2.75. The predicted octanol–water partition coefficient (Wildman–Crippen LogP) is 7.44. The molecule has 42 heavy (non-hydrogen) atoms. The van der Waals surface area contributed by atoms with Crippen LogP contribution in [0.4, 0.5) is 13.2 Å². The number of hydrogen-bond donors (Lipinski definition) is 2. The number of nitriles is 1. The maximum Gasteiger partial charge on any atom is 0.416 e. The Morgan fingerprint density at radius 1 is 0.952 bits per heavy atom. The summed E-state index contributed by atoms with van der Waals surface area (Å²) in [6, 6.07) is 25.2. The standard InChI is InChI=1S/C33H24F3N3O3/c1-20(23-8-10-24(11-9-23)32(41)42)38-31(40)29-17-27(25-6-2-4-21(14-25)18-37)16-26-12-13-39(30(26)29)19-22-5-3-7-28(15-22)33(34,35)36/h2-17,20H,19H2,1H3,(H,38,40)(H,41,42)/t20-/m0/s1. The maximum absolute atomic E-state index is 13.8. The molecule has 5 rings (SSSR count). The largest absolute Gasteiger partial charge is 0.478 e. The summed E-state index contributed by atoms with van der Waals surface area (Å²) in [5.74, 6) is -1.48. The van der Waals surface area contributed by atoms with Crippen LogP contribution in [-0.4, -0.2) is 21.6 Å². The highest BCUT2D eigenvalue weighted by molar-refractivity contribution is 6.08. The molecule has 0 fully saturated rings. The van der Waals surface area contributed by atoms with E-state index >= 15 is 0 Å². The number of carboxylic acid groups (broad SMARTS) is 1. The highest BCUT2D eigenvalue weighted by atomic mass is 19.4. The zero-order valence-electron chi connectivity index (χ0n) is 22.3. The lowest BCUT2D eigenvalue weighted by atomic mass is 9.98. The van der Waals surface area contributed by atoms with Crippen molar-refractivity contribution in [3.05, 3.63) is 131 Å². The molecule has 9 heteroatoms. The number of hydrogen-bond acceptors (Lipinski definition) is 3. The number of nitrogens with one attached hydrogen (secondary N) is 1. The smallest absolute Gasteiger partial charge is 0.416 e. The molecule has 0 saturated heterocycles. The second kappa shape index (κ2) is 11.3. The topological polar surface area (TPSA) is 95.1 Å². The van der Waals surface area contributed by atoms with E-state index in [4.69, 9.17) is 0 Å². The van der Waals surface area contributed by atoms with E-state index in [1.807, 2.05) is 12.1 Å². The third-order valence-corrected chi connectivity index (χ3v) is 7.04. The van der Waals surface area contributed by atoms with E-state index < -0.39 is 29.7 Å². The van der Waals surface area contributed by atoms with Crippen molar-refractivity contribution < 1.29 is 27.9 Å². The quantitative estimate of drug-likeness (QED) is 0.214. The fourth-order valence-corrected chi connectivity index (χ4v) is 4.90. The van der Waals surface area contributed by atoms with Gasteiger partial charge in [-0.3, -0.25) is 4.79 Å². The van der Waals surface area contributed by atoms with Crippen LogP contribution in [0.15, 0.2) is 97.2 Å². The average molecular weight is 568 g/mol. The van der Waals surface area contributed by atoms with Crippen molar-refractivity contribution in [1.82, 2.24) is 9.88 Å². The number of alkyl halides is 3. The van der Waals surface area contributed by atoms with Crippen LogP contribution in [0.5, 0.6) is 0 Å². The number of carbonyl (C=O) groups excluding carboxylic acids is 1. The minimum absolute atomic E-state index is 0.100. The number of aromatic nitrogens is 1. The Hall–Kier alpha value is -5.36. The summed E-state index contributed by atoms with van der Waals surface area (Å²) in [7, 11) is 0. The van der Waals surface area contributed by atoms with E-state index in [9.17, 15) is 33.1 Å². The van der Waals surface area contributed by atoms with Crippen LogP contribution in [0.25, 0.3) is 22.0 Å². The molecule has 5 aromatic rings. The molecular formula is C33H24F3N3O3. The van der Waals surface area contributed by atoms with Crippen LogP contribution in [0, 0.1) is 11.3 Å². The van der Waals surface area contributed by atoms with E-state index in [-0.39, 0.29) is 12.1 Å². The summed E-state index contributed by atoms with van der Waals surface area (Å²) in [4.78, 5) is 25.0. The molecule has 0 aliphatic rings. The summed E-state index contributed by atoms with van der Waals surface area (Å²) in [5, 5.41) is 22.2. The second-order valence-electron chi connectivity index (χ2n) is 9.92. The molecule has 4 aromatic carbocycles. The Bertz CT molecular complexity index is 1850. The van der Waals surface area contributed by atoms with Crippen molar-refractivity contribution >= 4 is 22.8 Å². The Labute approximate surface area is 239 Å². The van der Waals surface area contributed by atoms with E-state index in [2.05, 4.69) is 11.4 Å². The number of fused-ring (bicyclic) bond motifs is 1. The molecule has 0 bridgehead atoms. The normalized spacial score (nSPS) is 12.1. The zero-order valence-corrected chi connectivity index (χ0v) is 22.3. The molecule has 0 unspecified atom stereocenters.